The molecular weight excluding hydrogens is 386 g/mol. The van der Waals surface area contributed by atoms with Crippen molar-refractivity contribution in [3.8, 4) is 0 Å². The van der Waals surface area contributed by atoms with Gasteiger partial charge in [0.2, 0.25) is 0 Å². The number of fused-ring (bicyclic) bond motifs is 5. The van der Waals surface area contributed by atoms with E-state index in [2.05, 4.69) is 32.7 Å². The van der Waals surface area contributed by atoms with Gasteiger partial charge in [0.25, 0.3) is 0 Å². The maximum Gasteiger partial charge on any atom is 0.309 e. The third-order valence-corrected chi connectivity index (χ3v) is 11.4. The van der Waals surface area contributed by atoms with Crippen molar-refractivity contribution >= 4 is 11.8 Å². The molecule has 0 aromatic heterocycles. The largest absolute Gasteiger partial charge is 0.459 e. The molecule has 174 valence electrons. The van der Waals surface area contributed by atoms with Crippen LogP contribution in [0.5, 0.6) is 0 Å². The number of carbonyl (C=O) groups excluding carboxylic acids is 2. The van der Waals surface area contributed by atoms with Crippen LogP contribution in [0.1, 0.15) is 91.4 Å². The third kappa shape index (κ3) is 3.33. The molecule has 4 aliphatic carbocycles. The van der Waals surface area contributed by atoms with Crippen molar-refractivity contribution in [3.63, 3.8) is 0 Å². The molecule has 5 fully saturated rings. The molecule has 0 bridgehead atoms. The van der Waals surface area contributed by atoms with Crippen LogP contribution in [-0.2, 0) is 14.3 Å². The van der Waals surface area contributed by atoms with Gasteiger partial charge in [0.05, 0.1) is 5.92 Å². The summed E-state index contributed by atoms with van der Waals surface area (Å²) in [5, 5.41) is 0. The minimum Gasteiger partial charge on any atom is -0.459 e. The van der Waals surface area contributed by atoms with Gasteiger partial charge in [0.15, 0.2) is 0 Å². The van der Waals surface area contributed by atoms with E-state index < -0.39 is 0 Å². The van der Waals surface area contributed by atoms with Crippen LogP contribution in [0.15, 0.2) is 0 Å². The number of hydrogen-bond donors (Lipinski definition) is 0. The highest BCUT2D eigenvalue weighted by molar-refractivity contribution is 5.79. The van der Waals surface area contributed by atoms with E-state index in [0.717, 1.165) is 63.5 Å². The van der Waals surface area contributed by atoms with E-state index in [9.17, 15) is 9.59 Å². The molecule has 1 aliphatic heterocycles. The molecule has 3 unspecified atom stereocenters. The van der Waals surface area contributed by atoms with Crippen molar-refractivity contribution in [3.05, 3.63) is 0 Å². The molecule has 1 heterocycles. The third-order valence-electron chi connectivity index (χ3n) is 11.4. The Morgan fingerprint density at radius 3 is 2.39 bits per heavy atom. The number of ether oxygens (including phenoxy) is 1. The van der Waals surface area contributed by atoms with Crippen LogP contribution >= 0.6 is 0 Å². The maximum absolute atomic E-state index is 13.2. The quantitative estimate of drug-likeness (QED) is 0.563. The average Bonchev–Trinajstić information content (AvgIpc) is 2.99. The summed E-state index contributed by atoms with van der Waals surface area (Å²) in [6, 6.07) is 0. The van der Waals surface area contributed by atoms with Crippen molar-refractivity contribution in [2.45, 2.75) is 97.0 Å². The normalized spacial score (nSPS) is 48.6. The lowest BCUT2D eigenvalue weighted by molar-refractivity contribution is -0.190. The molecule has 31 heavy (non-hydrogen) atoms. The van der Waals surface area contributed by atoms with E-state index in [4.69, 9.17) is 4.74 Å². The van der Waals surface area contributed by atoms with E-state index in [-0.39, 0.29) is 22.9 Å². The summed E-state index contributed by atoms with van der Waals surface area (Å²) in [6.45, 7) is 9.22. The van der Waals surface area contributed by atoms with Crippen LogP contribution in [0.2, 0.25) is 0 Å². The highest BCUT2D eigenvalue weighted by Gasteiger charge is 2.65. The van der Waals surface area contributed by atoms with Crippen LogP contribution in [0.4, 0.5) is 0 Å². The molecule has 0 N–H and O–H groups in total. The predicted molar refractivity (Wildman–Crippen MR) is 121 cm³/mol. The second-order valence-corrected chi connectivity index (χ2v) is 12.6. The van der Waals surface area contributed by atoms with Gasteiger partial charge in [0.1, 0.15) is 11.4 Å². The molecule has 1 saturated heterocycles. The van der Waals surface area contributed by atoms with Crippen molar-refractivity contribution < 1.29 is 14.3 Å². The fraction of sp³-hybridized carbons (Fsp3) is 0.926. The van der Waals surface area contributed by atoms with Crippen LogP contribution in [0.25, 0.3) is 0 Å². The Bertz CT molecular complexity index is 743. The lowest BCUT2D eigenvalue weighted by Gasteiger charge is -2.61. The average molecular weight is 430 g/mol. The summed E-state index contributed by atoms with van der Waals surface area (Å²) >= 11 is 0. The molecule has 0 aromatic carbocycles. The summed E-state index contributed by atoms with van der Waals surface area (Å²) in [5.41, 5.74) is 0.133. The smallest absolute Gasteiger partial charge is 0.309 e. The van der Waals surface area contributed by atoms with E-state index in [0.29, 0.717) is 23.0 Å². The monoisotopic (exact) mass is 429 g/mol. The first-order valence-electron chi connectivity index (χ1n) is 13.1. The summed E-state index contributed by atoms with van der Waals surface area (Å²) < 4.78 is 6.47. The Kier molecular flexibility index (Phi) is 5.35. The number of ketones is 1. The van der Waals surface area contributed by atoms with E-state index in [1.165, 1.54) is 32.1 Å². The van der Waals surface area contributed by atoms with Gasteiger partial charge in [-0.15, -0.1) is 0 Å². The zero-order valence-electron chi connectivity index (χ0n) is 20.3. The zero-order chi connectivity index (χ0) is 22.0. The topological polar surface area (TPSA) is 46.6 Å². The minimum atomic E-state index is -0.316. The van der Waals surface area contributed by atoms with Gasteiger partial charge in [-0.1, -0.05) is 13.8 Å². The lowest BCUT2D eigenvalue weighted by Crippen LogP contribution is -2.57. The van der Waals surface area contributed by atoms with Gasteiger partial charge in [-0.05, 0) is 114 Å². The van der Waals surface area contributed by atoms with Crippen molar-refractivity contribution in [2.24, 2.45) is 40.4 Å². The van der Waals surface area contributed by atoms with Gasteiger partial charge in [0, 0.05) is 18.3 Å². The number of esters is 1. The number of likely N-dealkylation sites (tertiary alicyclic amines) is 1. The molecule has 5 rings (SSSR count). The molecule has 4 heteroatoms. The van der Waals surface area contributed by atoms with Gasteiger partial charge < -0.3 is 9.64 Å². The molecule has 4 saturated carbocycles. The molecule has 4 nitrogen and oxygen atoms in total. The van der Waals surface area contributed by atoms with Crippen LogP contribution in [-0.4, -0.2) is 42.4 Å². The van der Waals surface area contributed by atoms with Crippen LogP contribution < -0.4 is 0 Å². The van der Waals surface area contributed by atoms with E-state index in [1.54, 1.807) is 0 Å². The number of hydrogen-bond acceptors (Lipinski definition) is 4. The summed E-state index contributed by atoms with van der Waals surface area (Å²) in [7, 11) is 2.14. The summed E-state index contributed by atoms with van der Waals surface area (Å²) in [5.74, 6) is 3.42. The molecule has 0 aromatic rings. The molecule has 7 atom stereocenters. The Morgan fingerprint density at radius 1 is 0.935 bits per heavy atom. The zero-order valence-corrected chi connectivity index (χ0v) is 20.3. The van der Waals surface area contributed by atoms with Crippen molar-refractivity contribution in [2.75, 3.05) is 20.1 Å². The highest BCUT2D eigenvalue weighted by Crippen LogP contribution is 2.68. The SMILES string of the molecule is CN1CCC(C(=O)OC2(C)CC[C@H]3C4CCC5CC(=O)CC[C@]5(C)[C@H]4CC[C@@]32C)CC1. The summed E-state index contributed by atoms with van der Waals surface area (Å²) in [4.78, 5) is 27.6. The van der Waals surface area contributed by atoms with Gasteiger partial charge in [-0.25, -0.2) is 0 Å². The first kappa shape index (κ1) is 21.9. The lowest BCUT2D eigenvalue weighted by atomic mass is 9.44. The van der Waals surface area contributed by atoms with Crippen molar-refractivity contribution in [1.82, 2.24) is 4.90 Å². The fourth-order valence-electron chi connectivity index (χ4n) is 8.99. The Morgan fingerprint density at radius 2 is 1.65 bits per heavy atom. The maximum atomic E-state index is 13.2. The number of Topliss-reactive ketones (excluding diaryl/α,β-unsaturated/α-hetero) is 1. The molecule has 0 radical (unpaired) electrons. The number of rotatable bonds is 2. The molecule has 0 amide bonds. The molecular formula is C27H43NO3. The van der Waals surface area contributed by atoms with Gasteiger partial charge >= 0.3 is 5.97 Å². The Balaban J connectivity index is 1.33. The van der Waals surface area contributed by atoms with Gasteiger partial charge in [-0.2, -0.15) is 0 Å². The predicted octanol–water partition coefficient (Wildman–Crippen LogP) is 5.24. The van der Waals surface area contributed by atoms with E-state index in [1.807, 2.05) is 0 Å². The second-order valence-electron chi connectivity index (χ2n) is 12.6. The second kappa shape index (κ2) is 7.57. The minimum absolute atomic E-state index is 0.0704. The van der Waals surface area contributed by atoms with Crippen LogP contribution in [0, 0.1) is 40.4 Å². The number of piperidine rings is 1. The van der Waals surface area contributed by atoms with E-state index >= 15 is 0 Å². The Hall–Kier alpha value is -0.900. The van der Waals surface area contributed by atoms with Crippen molar-refractivity contribution in [1.29, 1.82) is 0 Å². The Labute approximate surface area is 188 Å². The highest BCUT2D eigenvalue weighted by atomic mass is 16.6. The first-order valence-corrected chi connectivity index (χ1v) is 13.1. The van der Waals surface area contributed by atoms with Gasteiger partial charge in [-0.3, -0.25) is 9.59 Å². The fourth-order valence-corrected chi connectivity index (χ4v) is 8.99. The van der Waals surface area contributed by atoms with Crippen LogP contribution in [0.3, 0.4) is 0 Å². The number of nitrogens with zero attached hydrogens (tertiary/aromatic N) is 1. The molecule has 5 aliphatic rings. The first-order chi connectivity index (χ1) is 14.7. The standard InChI is InChI=1S/C27H43NO3/c1-25-12-7-20(29)17-19(25)5-6-21-22(25)8-13-26(2)23(21)9-14-27(26,3)31-24(30)18-10-15-28(4)16-11-18/h18-19,21-23H,5-17H2,1-4H3/t19?,21?,22-,23-,25-,26-,27?/m0/s1. The summed E-state index contributed by atoms with van der Waals surface area (Å²) in [6.07, 6.45) is 11.7. The number of carbonyl (C=O) groups is 2. The molecule has 0 spiro atoms.